The maximum absolute atomic E-state index is 12.7. The first kappa shape index (κ1) is 21.8. The molecular weight excluding hydrogens is 430 g/mol. The van der Waals surface area contributed by atoms with Crippen LogP contribution in [0.15, 0.2) is 66.9 Å². The average Bonchev–Trinajstić information content (AvgIpc) is 3.38. The highest BCUT2D eigenvalue weighted by molar-refractivity contribution is 8.00. The second-order valence-electron chi connectivity index (χ2n) is 8.49. The molecule has 2 N–H and O–H groups in total. The molecule has 1 amide bonds. The van der Waals surface area contributed by atoms with Gasteiger partial charge in [0, 0.05) is 29.7 Å². The predicted molar refractivity (Wildman–Crippen MR) is 138 cm³/mol. The van der Waals surface area contributed by atoms with Crippen molar-refractivity contribution in [3.05, 3.63) is 72.4 Å². The van der Waals surface area contributed by atoms with E-state index in [0.29, 0.717) is 6.54 Å². The highest BCUT2D eigenvalue weighted by atomic mass is 32.2. The number of rotatable bonds is 8. The highest BCUT2D eigenvalue weighted by Crippen LogP contribution is 2.33. The Hall–Kier alpha value is -3.03. The Morgan fingerprint density at radius 2 is 1.79 bits per heavy atom. The van der Waals surface area contributed by atoms with E-state index in [2.05, 4.69) is 50.3 Å². The van der Waals surface area contributed by atoms with Gasteiger partial charge in [0.1, 0.15) is 0 Å². The Labute approximate surface area is 199 Å². The van der Waals surface area contributed by atoms with Crippen molar-refractivity contribution >= 4 is 35.0 Å². The van der Waals surface area contributed by atoms with Crippen LogP contribution in [0.2, 0.25) is 0 Å². The number of nitrogens with one attached hydrogen (secondary N) is 2. The molecule has 170 valence electrons. The fourth-order valence-corrected chi connectivity index (χ4v) is 5.08. The lowest BCUT2D eigenvalue weighted by molar-refractivity contribution is -0.117. The van der Waals surface area contributed by atoms with Crippen LogP contribution in [0.4, 0.5) is 17.2 Å². The van der Waals surface area contributed by atoms with Crippen LogP contribution in [0.3, 0.4) is 0 Å². The van der Waals surface area contributed by atoms with Crippen molar-refractivity contribution in [1.29, 1.82) is 0 Å². The summed E-state index contributed by atoms with van der Waals surface area (Å²) in [6.07, 6.45) is 4.55. The summed E-state index contributed by atoms with van der Waals surface area (Å²) in [4.78, 5) is 21.7. The molecule has 2 aliphatic heterocycles. The summed E-state index contributed by atoms with van der Waals surface area (Å²) in [7, 11) is 0. The molecule has 7 heteroatoms. The lowest BCUT2D eigenvalue weighted by atomic mass is 10.1. The lowest BCUT2D eigenvalue weighted by Crippen LogP contribution is -2.39. The quantitative estimate of drug-likeness (QED) is 0.370. The second kappa shape index (κ2) is 10.3. The topological polar surface area (TPSA) is 60.5 Å². The highest BCUT2D eigenvalue weighted by Gasteiger charge is 2.25. The molecule has 0 radical (unpaired) electrons. The maximum Gasteiger partial charge on any atom is 0.246 e. The molecule has 0 unspecified atom stereocenters. The molecule has 1 aromatic heterocycles. The molecule has 1 fully saturated rings. The van der Waals surface area contributed by atoms with Crippen LogP contribution in [0.5, 0.6) is 0 Å². The zero-order chi connectivity index (χ0) is 22.5. The third kappa shape index (κ3) is 5.31. The summed E-state index contributed by atoms with van der Waals surface area (Å²) in [5.41, 5.74) is 5.10. The first-order chi connectivity index (χ1) is 16.3. The first-order valence-corrected chi connectivity index (χ1v) is 12.5. The van der Waals surface area contributed by atoms with Gasteiger partial charge in [-0.1, -0.05) is 54.4 Å². The van der Waals surface area contributed by atoms with Gasteiger partial charge < -0.3 is 19.8 Å². The Balaban J connectivity index is 1.26. The molecular formula is C26H29N5OS. The van der Waals surface area contributed by atoms with Gasteiger partial charge in [-0.2, -0.15) is 0 Å². The Morgan fingerprint density at radius 1 is 1.00 bits per heavy atom. The fraction of sp³-hybridized carbons (Fsp3) is 0.308. The van der Waals surface area contributed by atoms with Crippen LogP contribution in [0, 0.1) is 0 Å². The molecule has 2 aliphatic rings. The monoisotopic (exact) mass is 459 g/mol. The summed E-state index contributed by atoms with van der Waals surface area (Å²) < 4.78 is 3.45. The molecule has 0 aliphatic carbocycles. The van der Waals surface area contributed by atoms with E-state index >= 15 is 0 Å². The summed E-state index contributed by atoms with van der Waals surface area (Å²) >= 11 is 1.76. The average molecular weight is 460 g/mol. The minimum Gasteiger partial charge on any atom is -0.359 e. The number of carbonyl (C=O) groups is 1. The third-order valence-corrected chi connectivity index (χ3v) is 6.93. The van der Waals surface area contributed by atoms with Gasteiger partial charge in [0.2, 0.25) is 5.91 Å². The molecule has 2 aromatic carbocycles. The maximum atomic E-state index is 12.7. The van der Waals surface area contributed by atoms with Crippen LogP contribution in [0.1, 0.15) is 18.4 Å². The number of anilines is 3. The standard InChI is InChI=1S/C26H29N5OS/c32-25-18-28-26-24(31(25)19-20-6-2-1-3-7-20)16-22(17-27-26)21-8-10-23(11-9-21)29-33-15-14-30-12-4-5-13-30/h1-3,6-11,16-17,29H,4-5,12-15,18-19H2,(H,27,28). The van der Waals surface area contributed by atoms with E-state index in [1.165, 1.54) is 25.9 Å². The van der Waals surface area contributed by atoms with Crippen LogP contribution in [-0.4, -0.2) is 47.7 Å². The summed E-state index contributed by atoms with van der Waals surface area (Å²) in [5, 5.41) is 3.15. The van der Waals surface area contributed by atoms with Gasteiger partial charge in [-0.25, -0.2) is 4.98 Å². The van der Waals surface area contributed by atoms with E-state index in [4.69, 9.17) is 0 Å². The number of hydrogen-bond acceptors (Lipinski definition) is 6. The number of likely N-dealkylation sites (tertiary alicyclic amines) is 1. The van der Waals surface area contributed by atoms with E-state index in [1.807, 2.05) is 41.4 Å². The number of amides is 1. The summed E-state index contributed by atoms with van der Waals surface area (Å²) in [6, 6.07) is 20.5. The van der Waals surface area contributed by atoms with Crippen molar-refractivity contribution in [2.45, 2.75) is 19.4 Å². The number of benzene rings is 2. The van der Waals surface area contributed by atoms with Gasteiger partial charge in [-0.3, -0.25) is 4.79 Å². The van der Waals surface area contributed by atoms with Gasteiger partial charge in [-0.15, -0.1) is 0 Å². The van der Waals surface area contributed by atoms with Gasteiger partial charge >= 0.3 is 0 Å². The zero-order valence-corrected chi connectivity index (χ0v) is 19.5. The predicted octanol–water partition coefficient (Wildman–Crippen LogP) is 4.86. The molecule has 1 saturated heterocycles. The summed E-state index contributed by atoms with van der Waals surface area (Å²) in [5.74, 6) is 1.88. The number of fused-ring (bicyclic) bond motifs is 1. The zero-order valence-electron chi connectivity index (χ0n) is 18.7. The molecule has 0 spiro atoms. The normalized spacial score (nSPS) is 15.9. The Morgan fingerprint density at radius 3 is 2.58 bits per heavy atom. The fourth-order valence-electron chi connectivity index (χ4n) is 4.33. The van der Waals surface area contributed by atoms with Crippen molar-refractivity contribution in [3.8, 4) is 11.1 Å². The number of carbonyl (C=O) groups excluding carboxylic acids is 1. The Bertz CT molecular complexity index is 1080. The summed E-state index contributed by atoms with van der Waals surface area (Å²) in [6.45, 7) is 4.43. The van der Waals surface area contributed by atoms with Crippen molar-refractivity contribution in [3.63, 3.8) is 0 Å². The molecule has 3 heterocycles. The smallest absolute Gasteiger partial charge is 0.246 e. The van der Waals surface area contributed by atoms with Crippen LogP contribution in [-0.2, 0) is 11.3 Å². The SMILES string of the molecule is O=C1CNc2ncc(-c3ccc(NSCCN4CCCC4)cc3)cc2N1Cc1ccccc1. The van der Waals surface area contributed by atoms with Crippen molar-refractivity contribution in [2.24, 2.45) is 0 Å². The minimum atomic E-state index is 0.0517. The minimum absolute atomic E-state index is 0.0517. The van der Waals surface area contributed by atoms with Crippen molar-refractivity contribution < 1.29 is 4.79 Å². The molecule has 6 nitrogen and oxygen atoms in total. The molecule has 3 aromatic rings. The van der Waals surface area contributed by atoms with Gasteiger partial charge in [0.15, 0.2) is 5.82 Å². The van der Waals surface area contributed by atoms with Crippen molar-refractivity contribution in [2.75, 3.05) is 46.9 Å². The third-order valence-electron chi connectivity index (χ3n) is 6.17. The Kier molecular flexibility index (Phi) is 6.79. The lowest BCUT2D eigenvalue weighted by Gasteiger charge is -2.30. The van der Waals surface area contributed by atoms with E-state index in [-0.39, 0.29) is 12.5 Å². The van der Waals surface area contributed by atoms with E-state index in [0.717, 1.165) is 46.2 Å². The van der Waals surface area contributed by atoms with E-state index < -0.39 is 0 Å². The van der Waals surface area contributed by atoms with Crippen LogP contribution < -0.4 is 14.9 Å². The largest absolute Gasteiger partial charge is 0.359 e. The van der Waals surface area contributed by atoms with Gasteiger partial charge in [0.25, 0.3) is 0 Å². The van der Waals surface area contributed by atoms with E-state index in [1.54, 1.807) is 11.9 Å². The molecule has 33 heavy (non-hydrogen) atoms. The number of aromatic nitrogens is 1. The van der Waals surface area contributed by atoms with Crippen LogP contribution >= 0.6 is 11.9 Å². The number of pyridine rings is 1. The van der Waals surface area contributed by atoms with Crippen LogP contribution in [0.25, 0.3) is 11.1 Å². The number of hydrogen-bond donors (Lipinski definition) is 2. The van der Waals surface area contributed by atoms with Gasteiger partial charge in [-0.05, 0) is 55.3 Å². The molecule has 0 bridgehead atoms. The molecule has 5 rings (SSSR count). The first-order valence-electron chi connectivity index (χ1n) is 11.5. The van der Waals surface area contributed by atoms with E-state index in [9.17, 15) is 4.79 Å². The molecule has 0 atom stereocenters. The van der Waals surface area contributed by atoms with Gasteiger partial charge in [0.05, 0.1) is 18.8 Å². The molecule has 0 saturated carbocycles. The number of nitrogens with zero attached hydrogens (tertiary/aromatic N) is 3. The second-order valence-corrected chi connectivity index (χ2v) is 9.39. The van der Waals surface area contributed by atoms with Crippen molar-refractivity contribution in [1.82, 2.24) is 9.88 Å².